The fourth-order valence-corrected chi connectivity index (χ4v) is 1.68. The smallest absolute Gasteiger partial charge is 0.156 e. The average Bonchev–Trinajstić information content (AvgIpc) is 2.94. The number of rotatable bonds is 3. The maximum absolute atomic E-state index is 5.13. The highest BCUT2D eigenvalue weighted by Gasteiger charge is 2.05. The summed E-state index contributed by atoms with van der Waals surface area (Å²) in [5.41, 5.74) is 3.55. The standard InChI is InChI=1S/C11H11N5O/c1-7-4-8(17-16-7)5-13-9-2-3-12-10-6-14-15-11(9)10/h2-4,6H,5H2,1H3,(H,12,13)(H,14,15). The summed E-state index contributed by atoms with van der Waals surface area (Å²) in [6.45, 7) is 2.48. The lowest BCUT2D eigenvalue weighted by Gasteiger charge is -2.03. The molecule has 3 rings (SSSR count). The van der Waals surface area contributed by atoms with E-state index in [0.717, 1.165) is 28.2 Å². The third kappa shape index (κ3) is 1.84. The minimum Gasteiger partial charge on any atom is -0.376 e. The van der Waals surface area contributed by atoms with Crippen LogP contribution in [-0.4, -0.2) is 20.3 Å². The van der Waals surface area contributed by atoms with Gasteiger partial charge in [-0.05, 0) is 13.0 Å². The van der Waals surface area contributed by atoms with Gasteiger partial charge < -0.3 is 9.84 Å². The number of aryl methyl sites for hydroxylation is 1. The van der Waals surface area contributed by atoms with Crippen molar-refractivity contribution in [1.82, 2.24) is 20.3 Å². The predicted octanol–water partition coefficient (Wildman–Crippen LogP) is 1.87. The van der Waals surface area contributed by atoms with Crippen molar-refractivity contribution in [1.29, 1.82) is 0 Å². The zero-order valence-electron chi connectivity index (χ0n) is 9.27. The van der Waals surface area contributed by atoms with E-state index < -0.39 is 0 Å². The van der Waals surface area contributed by atoms with Crippen LogP contribution in [0.5, 0.6) is 0 Å². The maximum atomic E-state index is 5.13. The molecule has 0 radical (unpaired) electrons. The second-order valence-electron chi connectivity index (χ2n) is 3.78. The van der Waals surface area contributed by atoms with Crippen LogP contribution in [-0.2, 0) is 6.54 Å². The molecule has 3 heterocycles. The fourth-order valence-electron chi connectivity index (χ4n) is 1.68. The third-order valence-electron chi connectivity index (χ3n) is 2.47. The Morgan fingerprint density at radius 3 is 3.24 bits per heavy atom. The first-order chi connectivity index (χ1) is 8.33. The van der Waals surface area contributed by atoms with E-state index in [1.165, 1.54) is 0 Å². The van der Waals surface area contributed by atoms with E-state index >= 15 is 0 Å². The molecule has 0 unspecified atom stereocenters. The van der Waals surface area contributed by atoms with Crippen LogP contribution in [0.3, 0.4) is 0 Å². The molecule has 0 aliphatic rings. The molecule has 0 fully saturated rings. The van der Waals surface area contributed by atoms with E-state index in [2.05, 4.69) is 25.7 Å². The number of nitrogens with zero attached hydrogens (tertiary/aromatic N) is 3. The number of anilines is 1. The number of aromatic nitrogens is 4. The number of nitrogens with one attached hydrogen (secondary N) is 2. The largest absolute Gasteiger partial charge is 0.376 e. The first kappa shape index (κ1) is 9.83. The van der Waals surface area contributed by atoms with Crippen LogP contribution in [0.25, 0.3) is 11.0 Å². The first-order valence-corrected chi connectivity index (χ1v) is 5.27. The Labute approximate surface area is 97.0 Å². The molecule has 2 N–H and O–H groups in total. The van der Waals surface area contributed by atoms with Gasteiger partial charge in [0.05, 0.1) is 24.1 Å². The molecule has 0 saturated heterocycles. The van der Waals surface area contributed by atoms with Crippen LogP contribution in [0, 0.1) is 6.92 Å². The summed E-state index contributed by atoms with van der Waals surface area (Å²) in [6, 6.07) is 3.79. The highest BCUT2D eigenvalue weighted by molar-refractivity contribution is 5.86. The summed E-state index contributed by atoms with van der Waals surface area (Å²) in [5, 5.41) is 14.0. The van der Waals surface area contributed by atoms with Gasteiger partial charge >= 0.3 is 0 Å². The SMILES string of the molecule is Cc1cc(CNc2ccnc3cn[nH]c23)on1. The molecular weight excluding hydrogens is 218 g/mol. The Kier molecular flexibility index (Phi) is 2.25. The first-order valence-electron chi connectivity index (χ1n) is 5.27. The zero-order chi connectivity index (χ0) is 11.7. The summed E-state index contributed by atoms with van der Waals surface area (Å²) in [5.74, 6) is 0.798. The molecule has 3 aromatic heterocycles. The van der Waals surface area contributed by atoms with Crippen LogP contribution < -0.4 is 5.32 Å². The van der Waals surface area contributed by atoms with E-state index in [-0.39, 0.29) is 0 Å². The van der Waals surface area contributed by atoms with Crippen molar-refractivity contribution in [2.24, 2.45) is 0 Å². The molecule has 3 aromatic rings. The topological polar surface area (TPSA) is 79.6 Å². The van der Waals surface area contributed by atoms with Gasteiger partial charge in [0.2, 0.25) is 0 Å². The molecule has 86 valence electrons. The van der Waals surface area contributed by atoms with Crippen LogP contribution in [0.15, 0.2) is 29.0 Å². The Morgan fingerprint density at radius 2 is 2.41 bits per heavy atom. The molecule has 6 nitrogen and oxygen atoms in total. The monoisotopic (exact) mass is 229 g/mol. The Bertz CT molecular complexity index is 642. The van der Waals surface area contributed by atoms with Crippen LogP contribution in [0.2, 0.25) is 0 Å². The second kappa shape index (κ2) is 3.89. The number of hydrogen-bond acceptors (Lipinski definition) is 5. The summed E-state index contributed by atoms with van der Waals surface area (Å²) in [4.78, 5) is 4.19. The molecule has 0 aliphatic heterocycles. The van der Waals surface area contributed by atoms with Crippen molar-refractivity contribution in [2.75, 3.05) is 5.32 Å². The van der Waals surface area contributed by atoms with E-state index in [0.29, 0.717) is 6.54 Å². The van der Waals surface area contributed by atoms with Gasteiger partial charge in [-0.2, -0.15) is 5.10 Å². The maximum Gasteiger partial charge on any atom is 0.156 e. The highest BCUT2D eigenvalue weighted by atomic mass is 16.5. The highest BCUT2D eigenvalue weighted by Crippen LogP contribution is 2.18. The number of H-pyrrole nitrogens is 1. The van der Waals surface area contributed by atoms with Gasteiger partial charge in [-0.15, -0.1) is 0 Å². The normalized spacial score (nSPS) is 10.9. The molecular formula is C11H11N5O. The van der Waals surface area contributed by atoms with Crippen molar-refractivity contribution in [3.63, 3.8) is 0 Å². The number of pyridine rings is 1. The molecule has 0 aliphatic carbocycles. The Hall–Kier alpha value is -2.37. The molecule has 0 spiro atoms. The van der Waals surface area contributed by atoms with Crippen LogP contribution in [0.4, 0.5) is 5.69 Å². The molecule has 0 bridgehead atoms. The van der Waals surface area contributed by atoms with Crippen molar-refractivity contribution in [2.45, 2.75) is 13.5 Å². The lowest BCUT2D eigenvalue weighted by molar-refractivity contribution is 0.384. The predicted molar refractivity (Wildman–Crippen MR) is 62.5 cm³/mol. The summed E-state index contributed by atoms with van der Waals surface area (Å²) in [7, 11) is 0. The molecule has 0 saturated carbocycles. The number of aromatic amines is 1. The minimum atomic E-state index is 0.582. The van der Waals surface area contributed by atoms with E-state index in [4.69, 9.17) is 4.52 Å². The van der Waals surface area contributed by atoms with Crippen LogP contribution in [0.1, 0.15) is 11.5 Å². The fraction of sp³-hybridized carbons (Fsp3) is 0.182. The van der Waals surface area contributed by atoms with E-state index in [9.17, 15) is 0 Å². The molecule has 17 heavy (non-hydrogen) atoms. The lowest BCUT2D eigenvalue weighted by atomic mass is 10.3. The third-order valence-corrected chi connectivity index (χ3v) is 2.47. The summed E-state index contributed by atoms with van der Waals surface area (Å²) < 4.78 is 5.13. The second-order valence-corrected chi connectivity index (χ2v) is 3.78. The molecule has 0 atom stereocenters. The van der Waals surface area contributed by atoms with Gasteiger partial charge in [-0.3, -0.25) is 10.1 Å². The molecule has 0 aromatic carbocycles. The van der Waals surface area contributed by atoms with Crippen molar-refractivity contribution in [3.05, 3.63) is 36.0 Å². The molecule has 6 heteroatoms. The van der Waals surface area contributed by atoms with E-state index in [1.807, 2.05) is 19.1 Å². The van der Waals surface area contributed by atoms with Gasteiger partial charge in [0.1, 0.15) is 11.0 Å². The van der Waals surface area contributed by atoms with Crippen molar-refractivity contribution in [3.8, 4) is 0 Å². The van der Waals surface area contributed by atoms with Gasteiger partial charge in [-0.25, -0.2) is 0 Å². The summed E-state index contributed by atoms with van der Waals surface area (Å²) in [6.07, 6.45) is 3.44. The average molecular weight is 229 g/mol. The summed E-state index contributed by atoms with van der Waals surface area (Å²) >= 11 is 0. The number of hydrogen-bond donors (Lipinski definition) is 2. The van der Waals surface area contributed by atoms with Gasteiger partial charge in [0.25, 0.3) is 0 Å². The van der Waals surface area contributed by atoms with E-state index in [1.54, 1.807) is 12.4 Å². The van der Waals surface area contributed by atoms with Crippen molar-refractivity contribution >= 4 is 16.7 Å². The van der Waals surface area contributed by atoms with Gasteiger partial charge in [0.15, 0.2) is 5.76 Å². The molecule has 0 amide bonds. The Balaban J connectivity index is 1.83. The Morgan fingerprint density at radius 1 is 1.47 bits per heavy atom. The quantitative estimate of drug-likeness (QED) is 0.716. The van der Waals surface area contributed by atoms with Crippen molar-refractivity contribution < 1.29 is 4.52 Å². The number of fused-ring (bicyclic) bond motifs is 1. The van der Waals surface area contributed by atoms with Gasteiger partial charge in [0, 0.05) is 12.3 Å². The minimum absolute atomic E-state index is 0.582. The zero-order valence-corrected chi connectivity index (χ0v) is 9.27. The van der Waals surface area contributed by atoms with Gasteiger partial charge in [-0.1, -0.05) is 5.16 Å². The van der Waals surface area contributed by atoms with Crippen LogP contribution >= 0.6 is 0 Å². The lowest BCUT2D eigenvalue weighted by Crippen LogP contribution is -1.99.